The van der Waals surface area contributed by atoms with E-state index in [1.54, 1.807) is 13.0 Å². The molecule has 0 amide bonds. The van der Waals surface area contributed by atoms with E-state index in [1.165, 1.54) is 7.11 Å². The number of rotatable bonds is 7. The minimum absolute atomic E-state index is 0.00352. The number of furan rings is 1. The number of ether oxygens (including phenoxy) is 1. The smallest absolute Gasteiger partial charge is 0.341 e. The number of carbonyl (C=O) groups is 1. The molecule has 6 heteroatoms. The molecule has 1 aromatic rings. The van der Waals surface area contributed by atoms with Crippen molar-refractivity contribution in [1.29, 1.82) is 0 Å². The third kappa shape index (κ3) is 3.83. The molecule has 0 atom stereocenters. The molecule has 0 radical (unpaired) electrons. The van der Waals surface area contributed by atoms with Crippen molar-refractivity contribution in [2.75, 3.05) is 33.4 Å². The van der Waals surface area contributed by atoms with E-state index >= 15 is 0 Å². The highest BCUT2D eigenvalue weighted by Gasteiger charge is 2.16. The Morgan fingerprint density at radius 3 is 2.50 bits per heavy atom. The lowest BCUT2D eigenvalue weighted by Gasteiger charge is -2.18. The van der Waals surface area contributed by atoms with Crippen molar-refractivity contribution in [2.24, 2.45) is 0 Å². The van der Waals surface area contributed by atoms with Crippen LogP contribution >= 0.6 is 0 Å². The molecular weight excluding hydrogens is 238 g/mol. The second-order valence-electron chi connectivity index (χ2n) is 3.90. The van der Waals surface area contributed by atoms with Crippen LogP contribution in [0.1, 0.15) is 21.9 Å². The van der Waals surface area contributed by atoms with Gasteiger partial charge in [-0.25, -0.2) is 4.79 Å². The second-order valence-corrected chi connectivity index (χ2v) is 3.90. The summed E-state index contributed by atoms with van der Waals surface area (Å²) >= 11 is 0. The number of esters is 1. The zero-order valence-corrected chi connectivity index (χ0v) is 10.7. The first-order valence-electron chi connectivity index (χ1n) is 5.74. The van der Waals surface area contributed by atoms with Crippen LogP contribution in [0.2, 0.25) is 0 Å². The van der Waals surface area contributed by atoms with Crippen LogP contribution < -0.4 is 0 Å². The number of hydrogen-bond acceptors (Lipinski definition) is 6. The average Bonchev–Trinajstić information content (AvgIpc) is 2.70. The fraction of sp³-hybridized carbons (Fsp3) is 0.583. The van der Waals surface area contributed by atoms with Gasteiger partial charge in [-0.2, -0.15) is 0 Å². The van der Waals surface area contributed by atoms with Gasteiger partial charge in [-0.1, -0.05) is 0 Å². The Balaban J connectivity index is 2.74. The number of nitrogens with zero attached hydrogens (tertiary/aromatic N) is 1. The van der Waals surface area contributed by atoms with Crippen LogP contribution in [0.15, 0.2) is 10.5 Å². The van der Waals surface area contributed by atoms with Crippen molar-refractivity contribution in [3.63, 3.8) is 0 Å². The normalized spacial score (nSPS) is 10.9. The van der Waals surface area contributed by atoms with Crippen LogP contribution in [-0.4, -0.2) is 54.5 Å². The van der Waals surface area contributed by atoms with Gasteiger partial charge in [0.25, 0.3) is 0 Å². The molecule has 2 N–H and O–H groups in total. The first-order valence-corrected chi connectivity index (χ1v) is 5.74. The van der Waals surface area contributed by atoms with Gasteiger partial charge in [0, 0.05) is 13.1 Å². The lowest BCUT2D eigenvalue weighted by Crippen LogP contribution is -2.29. The van der Waals surface area contributed by atoms with E-state index in [0.29, 0.717) is 36.7 Å². The van der Waals surface area contributed by atoms with Gasteiger partial charge in [0.15, 0.2) is 0 Å². The Labute approximate surface area is 106 Å². The summed E-state index contributed by atoms with van der Waals surface area (Å²) in [5.41, 5.74) is 0.403. The van der Waals surface area contributed by atoms with Gasteiger partial charge in [0.2, 0.25) is 0 Å². The van der Waals surface area contributed by atoms with Crippen LogP contribution in [0.25, 0.3) is 0 Å². The molecule has 0 aliphatic rings. The summed E-state index contributed by atoms with van der Waals surface area (Å²) in [6, 6.07) is 1.63. The summed E-state index contributed by atoms with van der Waals surface area (Å²) in [5.74, 6) is 0.679. The topological polar surface area (TPSA) is 83.1 Å². The maximum atomic E-state index is 11.4. The van der Waals surface area contributed by atoms with Crippen molar-refractivity contribution in [1.82, 2.24) is 4.90 Å². The molecule has 0 bridgehead atoms. The molecule has 0 aliphatic heterocycles. The average molecular weight is 257 g/mol. The predicted octanol–water partition coefficient (Wildman–Crippen LogP) is 0.161. The third-order valence-corrected chi connectivity index (χ3v) is 2.59. The van der Waals surface area contributed by atoms with E-state index in [1.807, 2.05) is 4.90 Å². The summed E-state index contributed by atoms with van der Waals surface area (Å²) in [6.45, 7) is 3.01. The second kappa shape index (κ2) is 7.15. The zero-order chi connectivity index (χ0) is 13.5. The summed E-state index contributed by atoms with van der Waals surface area (Å²) < 4.78 is 10.1. The highest BCUT2D eigenvalue weighted by molar-refractivity contribution is 5.90. The first kappa shape index (κ1) is 14.7. The maximum Gasteiger partial charge on any atom is 0.341 e. The highest BCUT2D eigenvalue weighted by atomic mass is 16.5. The first-order chi connectivity index (χ1) is 8.62. The number of aliphatic hydroxyl groups is 2. The molecule has 1 heterocycles. The van der Waals surface area contributed by atoms with Crippen LogP contribution in [-0.2, 0) is 11.3 Å². The van der Waals surface area contributed by atoms with E-state index in [4.69, 9.17) is 14.6 Å². The minimum Gasteiger partial charge on any atom is -0.465 e. The molecular formula is C12H19NO5. The molecule has 0 saturated heterocycles. The van der Waals surface area contributed by atoms with Crippen molar-refractivity contribution in [3.8, 4) is 0 Å². The standard InChI is InChI=1S/C12H19NO5/c1-9-11(12(16)17-2)7-10(18-9)8-13(3-5-14)4-6-15/h7,14-15H,3-6,8H2,1-2H3. The van der Waals surface area contributed by atoms with Gasteiger partial charge in [0.1, 0.15) is 17.1 Å². The van der Waals surface area contributed by atoms with Gasteiger partial charge in [0.05, 0.1) is 26.9 Å². The van der Waals surface area contributed by atoms with E-state index in [2.05, 4.69) is 4.74 Å². The number of methoxy groups -OCH3 is 1. The summed E-state index contributed by atoms with van der Waals surface area (Å²) in [6.07, 6.45) is 0. The quantitative estimate of drug-likeness (QED) is 0.677. The molecule has 0 aromatic carbocycles. The fourth-order valence-corrected chi connectivity index (χ4v) is 1.71. The van der Waals surface area contributed by atoms with Gasteiger partial charge in [-0.15, -0.1) is 0 Å². The summed E-state index contributed by atoms with van der Waals surface area (Å²) in [5, 5.41) is 17.8. The Morgan fingerprint density at radius 2 is 2.00 bits per heavy atom. The molecule has 1 aromatic heterocycles. The van der Waals surface area contributed by atoms with E-state index in [9.17, 15) is 4.79 Å². The Kier molecular flexibility index (Phi) is 5.84. The van der Waals surface area contributed by atoms with E-state index in [-0.39, 0.29) is 13.2 Å². The molecule has 18 heavy (non-hydrogen) atoms. The van der Waals surface area contributed by atoms with Crippen molar-refractivity contribution < 1.29 is 24.2 Å². The molecule has 0 fully saturated rings. The summed E-state index contributed by atoms with van der Waals surface area (Å²) in [4.78, 5) is 13.2. The zero-order valence-electron chi connectivity index (χ0n) is 10.7. The largest absolute Gasteiger partial charge is 0.465 e. The van der Waals surface area contributed by atoms with Crippen molar-refractivity contribution in [3.05, 3.63) is 23.2 Å². The molecule has 1 rings (SSSR count). The van der Waals surface area contributed by atoms with Gasteiger partial charge < -0.3 is 19.4 Å². The number of carbonyl (C=O) groups excluding carboxylic acids is 1. The predicted molar refractivity (Wildman–Crippen MR) is 64.2 cm³/mol. The lowest BCUT2D eigenvalue weighted by atomic mass is 10.2. The molecule has 6 nitrogen and oxygen atoms in total. The van der Waals surface area contributed by atoms with Crippen LogP contribution in [0, 0.1) is 6.92 Å². The Morgan fingerprint density at radius 1 is 1.39 bits per heavy atom. The molecule has 0 spiro atoms. The third-order valence-electron chi connectivity index (χ3n) is 2.59. The summed E-state index contributed by atoms with van der Waals surface area (Å²) in [7, 11) is 1.32. The number of aryl methyl sites for hydroxylation is 1. The fourth-order valence-electron chi connectivity index (χ4n) is 1.71. The molecule has 0 unspecified atom stereocenters. The monoisotopic (exact) mass is 257 g/mol. The van der Waals surface area contributed by atoms with E-state index in [0.717, 1.165) is 0 Å². The van der Waals surface area contributed by atoms with Gasteiger partial charge in [-0.05, 0) is 13.0 Å². The number of hydrogen-bond donors (Lipinski definition) is 2. The molecule has 102 valence electrons. The van der Waals surface area contributed by atoms with Crippen LogP contribution in [0.5, 0.6) is 0 Å². The van der Waals surface area contributed by atoms with Crippen LogP contribution in [0.3, 0.4) is 0 Å². The lowest BCUT2D eigenvalue weighted by molar-refractivity contribution is 0.0599. The van der Waals surface area contributed by atoms with Gasteiger partial charge >= 0.3 is 5.97 Å². The maximum absolute atomic E-state index is 11.4. The molecule has 0 aliphatic carbocycles. The highest BCUT2D eigenvalue weighted by Crippen LogP contribution is 2.17. The van der Waals surface area contributed by atoms with Crippen molar-refractivity contribution in [2.45, 2.75) is 13.5 Å². The molecule has 0 saturated carbocycles. The Bertz CT molecular complexity index is 382. The number of aliphatic hydroxyl groups excluding tert-OH is 2. The Hall–Kier alpha value is -1.37. The van der Waals surface area contributed by atoms with Crippen molar-refractivity contribution >= 4 is 5.97 Å². The van der Waals surface area contributed by atoms with Gasteiger partial charge in [-0.3, -0.25) is 4.90 Å². The van der Waals surface area contributed by atoms with Crippen LogP contribution in [0.4, 0.5) is 0 Å². The minimum atomic E-state index is -0.432. The van der Waals surface area contributed by atoms with E-state index < -0.39 is 5.97 Å². The SMILES string of the molecule is COC(=O)c1cc(CN(CCO)CCO)oc1C.